The fourth-order valence-electron chi connectivity index (χ4n) is 4.64. The number of rotatable bonds is 4. The van der Waals surface area contributed by atoms with E-state index in [2.05, 4.69) is 0 Å². The zero-order valence-corrected chi connectivity index (χ0v) is 18.7. The Morgan fingerprint density at radius 2 is 1.67 bits per heavy atom. The van der Waals surface area contributed by atoms with E-state index in [0.717, 1.165) is 42.1 Å². The summed E-state index contributed by atoms with van der Waals surface area (Å²) in [5, 5.41) is 1.65. The van der Waals surface area contributed by atoms with Crippen LogP contribution in [0.2, 0.25) is 0 Å². The van der Waals surface area contributed by atoms with E-state index in [4.69, 9.17) is 0 Å². The number of piperazine rings is 1. The number of carbonyl (C=O) groups excluding carboxylic acids is 1. The highest BCUT2D eigenvalue weighted by atomic mass is 32.2. The van der Waals surface area contributed by atoms with Crippen molar-refractivity contribution in [2.75, 3.05) is 45.2 Å². The minimum Gasteiger partial charge on any atom is -0.378 e. The second-order valence-corrected chi connectivity index (χ2v) is 10.5. The lowest BCUT2D eigenvalue weighted by atomic mass is 9.88. The number of hydrogen-bond donors (Lipinski definition) is 0. The van der Waals surface area contributed by atoms with Crippen molar-refractivity contribution < 1.29 is 13.2 Å². The Kier molecular flexibility index (Phi) is 6.02. The zero-order valence-electron chi connectivity index (χ0n) is 17.9. The molecule has 1 aliphatic heterocycles. The van der Waals surface area contributed by atoms with Gasteiger partial charge < -0.3 is 9.80 Å². The number of carbonyl (C=O) groups is 1. The highest BCUT2D eigenvalue weighted by Crippen LogP contribution is 2.30. The van der Waals surface area contributed by atoms with Crippen molar-refractivity contribution in [2.45, 2.75) is 37.0 Å². The summed E-state index contributed by atoms with van der Waals surface area (Å²) in [6.07, 6.45) is 5.42. The van der Waals surface area contributed by atoms with Gasteiger partial charge in [0.1, 0.15) is 0 Å². The largest absolute Gasteiger partial charge is 0.378 e. The van der Waals surface area contributed by atoms with E-state index in [1.54, 1.807) is 12.1 Å². The van der Waals surface area contributed by atoms with E-state index in [-0.39, 0.29) is 11.8 Å². The molecule has 2 aromatic carbocycles. The second kappa shape index (κ2) is 8.55. The van der Waals surface area contributed by atoms with Crippen molar-refractivity contribution >= 4 is 32.4 Å². The Balaban J connectivity index is 1.51. The first-order chi connectivity index (χ1) is 14.4. The molecular formula is C23H31N3O3S. The van der Waals surface area contributed by atoms with Gasteiger partial charge in [-0.2, -0.15) is 4.31 Å². The molecule has 1 amide bonds. The average Bonchev–Trinajstić information content (AvgIpc) is 2.78. The van der Waals surface area contributed by atoms with E-state index >= 15 is 0 Å². The molecule has 2 aromatic rings. The topological polar surface area (TPSA) is 60.9 Å². The van der Waals surface area contributed by atoms with Gasteiger partial charge in [-0.1, -0.05) is 37.5 Å². The van der Waals surface area contributed by atoms with Crippen LogP contribution in [-0.2, 0) is 14.8 Å². The molecule has 0 unspecified atom stereocenters. The minimum atomic E-state index is -3.61. The normalized spacial score (nSPS) is 19.2. The second-order valence-electron chi connectivity index (χ2n) is 8.62. The average molecular weight is 430 g/mol. The Hall–Kier alpha value is -2.12. The molecule has 1 saturated carbocycles. The van der Waals surface area contributed by atoms with E-state index in [1.807, 2.05) is 48.2 Å². The van der Waals surface area contributed by atoms with Gasteiger partial charge >= 0.3 is 0 Å². The molecule has 2 fully saturated rings. The molecule has 0 aromatic heterocycles. The first kappa shape index (κ1) is 21.1. The standard InChI is InChI=1S/C23H31N3O3S/c1-24(2)20-11-12-21-19(17-20)9-6-10-22(21)30(28,29)26-15-13-25(14-16-26)23(27)18-7-4-3-5-8-18/h6,9-12,17-18H,3-5,7-8,13-16H2,1-2H3. The zero-order chi connectivity index (χ0) is 21.3. The molecule has 1 heterocycles. The molecule has 0 N–H and O–H groups in total. The lowest BCUT2D eigenvalue weighted by Crippen LogP contribution is -2.52. The fraction of sp³-hybridized carbons (Fsp3) is 0.522. The van der Waals surface area contributed by atoms with E-state index in [0.29, 0.717) is 31.1 Å². The molecule has 1 aliphatic carbocycles. The Bertz CT molecular complexity index is 1020. The molecule has 0 radical (unpaired) electrons. The van der Waals surface area contributed by atoms with Crippen LogP contribution in [0.1, 0.15) is 32.1 Å². The van der Waals surface area contributed by atoms with Crippen molar-refractivity contribution in [3.63, 3.8) is 0 Å². The van der Waals surface area contributed by atoms with Crippen molar-refractivity contribution in [1.29, 1.82) is 0 Å². The predicted octanol–water partition coefficient (Wildman–Crippen LogP) is 3.32. The van der Waals surface area contributed by atoms with Crippen LogP contribution < -0.4 is 4.90 Å². The molecule has 2 aliphatic rings. The third-order valence-corrected chi connectivity index (χ3v) is 8.42. The molecule has 0 atom stereocenters. The Labute approximate surface area is 179 Å². The number of hydrogen-bond acceptors (Lipinski definition) is 4. The number of fused-ring (bicyclic) bond motifs is 1. The van der Waals surface area contributed by atoms with Crippen molar-refractivity contribution in [1.82, 2.24) is 9.21 Å². The summed E-state index contributed by atoms with van der Waals surface area (Å²) in [4.78, 5) is 17.0. The summed E-state index contributed by atoms with van der Waals surface area (Å²) < 4.78 is 28.4. The molecule has 1 saturated heterocycles. The van der Waals surface area contributed by atoms with Crippen LogP contribution in [0.25, 0.3) is 10.8 Å². The predicted molar refractivity (Wildman–Crippen MR) is 120 cm³/mol. The van der Waals surface area contributed by atoms with E-state index in [1.165, 1.54) is 10.7 Å². The van der Waals surface area contributed by atoms with Gasteiger partial charge in [0.15, 0.2) is 0 Å². The smallest absolute Gasteiger partial charge is 0.243 e. The van der Waals surface area contributed by atoms with E-state index < -0.39 is 10.0 Å². The van der Waals surface area contributed by atoms with Gasteiger partial charge in [0.2, 0.25) is 15.9 Å². The maximum absolute atomic E-state index is 13.4. The first-order valence-electron chi connectivity index (χ1n) is 10.9. The van der Waals surface area contributed by atoms with Crippen LogP contribution in [0, 0.1) is 5.92 Å². The van der Waals surface area contributed by atoms with Crippen LogP contribution in [0.3, 0.4) is 0 Å². The highest BCUT2D eigenvalue weighted by molar-refractivity contribution is 7.89. The third kappa shape index (κ3) is 4.05. The maximum atomic E-state index is 13.4. The summed E-state index contributed by atoms with van der Waals surface area (Å²) >= 11 is 0. The molecular weight excluding hydrogens is 398 g/mol. The van der Waals surface area contributed by atoms with Crippen LogP contribution in [0.5, 0.6) is 0 Å². The fourth-order valence-corrected chi connectivity index (χ4v) is 6.28. The van der Waals surface area contributed by atoms with Gasteiger partial charge in [-0.25, -0.2) is 8.42 Å². The van der Waals surface area contributed by atoms with Crippen LogP contribution >= 0.6 is 0 Å². The van der Waals surface area contributed by atoms with Gasteiger partial charge in [-0.05, 0) is 36.4 Å². The van der Waals surface area contributed by atoms with Crippen molar-refractivity contribution in [3.05, 3.63) is 36.4 Å². The summed E-state index contributed by atoms with van der Waals surface area (Å²) in [7, 11) is 0.322. The molecule has 4 rings (SSSR count). The number of sulfonamides is 1. The third-order valence-electron chi connectivity index (χ3n) is 6.46. The minimum absolute atomic E-state index is 0.130. The lowest BCUT2D eigenvalue weighted by molar-refractivity contribution is -0.137. The van der Waals surface area contributed by atoms with Gasteiger partial charge in [-0.15, -0.1) is 0 Å². The SMILES string of the molecule is CN(C)c1ccc2c(S(=O)(=O)N3CCN(C(=O)C4CCCCC4)CC3)cccc2c1. The first-order valence-corrected chi connectivity index (χ1v) is 12.3. The molecule has 0 bridgehead atoms. The number of nitrogens with zero attached hydrogens (tertiary/aromatic N) is 3. The molecule has 0 spiro atoms. The highest BCUT2D eigenvalue weighted by Gasteiger charge is 2.33. The van der Waals surface area contributed by atoms with Gasteiger partial charge in [-0.3, -0.25) is 4.79 Å². The molecule has 30 heavy (non-hydrogen) atoms. The summed E-state index contributed by atoms with van der Waals surface area (Å²) in [5.74, 6) is 0.346. The van der Waals surface area contributed by atoms with Crippen molar-refractivity contribution in [3.8, 4) is 0 Å². The number of anilines is 1. The summed E-state index contributed by atoms with van der Waals surface area (Å²) in [6.45, 7) is 1.66. The number of amides is 1. The summed E-state index contributed by atoms with van der Waals surface area (Å²) in [6, 6.07) is 11.3. The lowest BCUT2D eigenvalue weighted by Gasteiger charge is -2.36. The monoisotopic (exact) mass is 429 g/mol. The number of benzene rings is 2. The molecule has 7 heteroatoms. The quantitative estimate of drug-likeness (QED) is 0.748. The van der Waals surface area contributed by atoms with E-state index in [9.17, 15) is 13.2 Å². The van der Waals surface area contributed by atoms with Gasteiger partial charge in [0.25, 0.3) is 0 Å². The van der Waals surface area contributed by atoms with Crippen LogP contribution in [0.4, 0.5) is 5.69 Å². The maximum Gasteiger partial charge on any atom is 0.243 e. The van der Waals surface area contributed by atoms with Gasteiger partial charge in [0.05, 0.1) is 4.90 Å². The Morgan fingerprint density at radius 1 is 0.967 bits per heavy atom. The Morgan fingerprint density at radius 3 is 2.33 bits per heavy atom. The summed E-state index contributed by atoms with van der Waals surface area (Å²) in [5.41, 5.74) is 1.03. The molecule has 6 nitrogen and oxygen atoms in total. The molecule has 162 valence electrons. The van der Waals surface area contributed by atoms with Crippen molar-refractivity contribution in [2.24, 2.45) is 5.92 Å². The van der Waals surface area contributed by atoms with Gasteiger partial charge in [0, 0.05) is 57.3 Å². The van der Waals surface area contributed by atoms with Crippen LogP contribution in [-0.4, -0.2) is 63.8 Å². The van der Waals surface area contributed by atoms with Crippen LogP contribution in [0.15, 0.2) is 41.3 Å².